The molecule has 0 heterocycles. The van der Waals surface area contributed by atoms with Crippen LogP contribution in [-0.2, 0) is 0 Å². The predicted octanol–water partition coefficient (Wildman–Crippen LogP) is 4.52. The lowest BCUT2D eigenvalue weighted by molar-refractivity contribution is -0.0499. The SMILES string of the molecule is C/C=C(/C)[C@H]1[C@@H](CO)[C@H]2[C@@H](C[C@@H]1C)[C@@H](C)CC[C@@H]2C. The fraction of sp³-hybridized carbons (Fsp3) is 0.889. The second-order valence-electron chi connectivity index (χ2n) is 7.39. The van der Waals surface area contributed by atoms with Crippen LogP contribution in [0.5, 0.6) is 0 Å². The Hall–Kier alpha value is -0.300. The molecular formula is C18H32O. The Morgan fingerprint density at radius 1 is 1.11 bits per heavy atom. The van der Waals surface area contributed by atoms with Crippen molar-refractivity contribution in [1.29, 1.82) is 0 Å². The van der Waals surface area contributed by atoms with Gasteiger partial charge in [-0.2, -0.15) is 0 Å². The first-order valence-electron chi connectivity index (χ1n) is 8.24. The average molecular weight is 264 g/mol. The molecule has 7 atom stereocenters. The molecule has 110 valence electrons. The molecule has 0 bridgehead atoms. The van der Waals surface area contributed by atoms with Gasteiger partial charge in [0.25, 0.3) is 0 Å². The zero-order valence-electron chi connectivity index (χ0n) is 13.4. The van der Waals surface area contributed by atoms with Crippen molar-refractivity contribution in [3.8, 4) is 0 Å². The maximum absolute atomic E-state index is 10.0. The van der Waals surface area contributed by atoms with E-state index in [1.807, 2.05) is 0 Å². The van der Waals surface area contributed by atoms with Gasteiger partial charge in [-0.1, -0.05) is 45.3 Å². The summed E-state index contributed by atoms with van der Waals surface area (Å²) in [7, 11) is 0. The smallest absolute Gasteiger partial charge is 0.0467 e. The summed E-state index contributed by atoms with van der Waals surface area (Å²) >= 11 is 0. The second-order valence-corrected chi connectivity index (χ2v) is 7.39. The molecule has 0 saturated heterocycles. The second kappa shape index (κ2) is 5.99. The van der Waals surface area contributed by atoms with Crippen LogP contribution >= 0.6 is 0 Å². The van der Waals surface area contributed by atoms with Gasteiger partial charge in [0.2, 0.25) is 0 Å². The third-order valence-electron chi connectivity index (χ3n) is 6.36. The van der Waals surface area contributed by atoms with E-state index in [2.05, 4.69) is 40.7 Å². The maximum atomic E-state index is 10.0. The van der Waals surface area contributed by atoms with E-state index < -0.39 is 0 Å². The lowest BCUT2D eigenvalue weighted by Crippen LogP contribution is -2.48. The van der Waals surface area contributed by atoms with Crippen LogP contribution in [0.4, 0.5) is 0 Å². The molecule has 0 radical (unpaired) electrons. The highest BCUT2D eigenvalue weighted by atomic mass is 16.3. The molecule has 0 amide bonds. The number of fused-ring (bicyclic) bond motifs is 1. The van der Waals surface area contributed by atoms with E-state index in [0.717, 1.165) is 29.6 Å². The first-order valence-corrected chi connectivity index (χ1v) is 8.24. The van der Waals surface area contributed by atoms with E-state index in [1.54, 1.807) is 0 Å². The van der Waals surface area contributed by atoms with Gasteiger partial charge in [-0.05, 0) is 61.7 Å². The van der Waals surface area contributed by atoms with Gasteiger partial charge in [0.05, 0.1) is 0 Å². The minimum absolute atomic E-state index is 0.373. The van der Waals surface area contributed by atoms with Crippen molar-refractivity contribution >= 4 is 0 Å². The van der Waals surface area contributed by atoms with E-state index in [0.29, 0.717) is 18.4 Å². The molecule has 2 aliphatic carbocycles. The van der Waals surface area contributed by atoms with Crippen molar-refractivity contribution < 1.29 is 5.11 Å². The van der Waals surface area contributed by atoms with Gasteiger partial charge in [0, 0.05) is 6.61 Å². The molecule has 2 aliphatic rings. The Morgan fingerprint density at radius 2 is 1.74 bits per heavy atom. The molecule has 0 unspecified atom stereocenters. The highest BCUT2D eigenvalue weighted by molar-refractivity contribution is 5.10. The predicted molar refractivity (Wildman–Crippen MR) is 81.8 cm³/mol. The van der Waals surface area contributed by atoms with Crippen LogP contribution in [0, 0.1) is 41.4 Å². The summed E-state index contributed by atoms with van der Waals surface area (Å²) in [6.45, 7) is 12.1. The van der Waals surface area contributed by atoms with E-state index in [1.165, 1.54) is 24.8 Å². The fourth-order valence-electron chi connectivity index (χ4n) is 5.31. The van der Waals surface area contributed by atoms with Gasteiger partial charge < -0.3 is 5.11 Å². The monoisotopic (exact) mass is 264 g/mol. The van der Waals surface area contributed by atoms with E-state index in [-0.39, 0.29) is 0 Å². The highest BCUT2D eigenvalue weighted by Crippen LogP contribution is 2.54. The normalized spacial score (nSPS) is 47.9. The van der Waals surface area contributed by atoms with E-state index in [9.17, 15) is 5.11 Å². The molecule has 0 aromatic carbocycles. The van der Waals surface area contributed by atoms with Gasteiger partial charge in [-0.15, -0.1) is 0 Å². The van der Waals surface area contributed by atoms with E-state index in [4.69, 9.17) is 0 Å². The van der Waals surface area contributed by atoms with Gasteiger partial charge >= 0.3 is 0 Å². The topological polar surface area (TPSA) is 20.2 Å². The fourth-order valence-corrected chi connectivity index (χ4v) is 5.31. The molecule has 1 N–H and O–H groups in total. The Morgan fingerprint density at radius 3 is 2.32 bits per heavy atom. The molecule has 0 aromatic rings. The molecule has 2 saturated carbocycles. The van der Waals surface area contributed by atoms with Gasteiger partial charge in [-0.3, -0.25) is 0 Å². The Balaban J connectivity index is 2.32. The summed E-state index contributed by atoms with van der Waals surface area (Å²) in [4.78, 5) is 0. The zero-order chi connectivity index (χ0) is 14.2. The third kappa shape index (κ3) is 2.63. The number of rotatable bonds is 2. The lowest BCUT2D eigenvalue weighted by Gasteiger charge is -2.53. The summed E-state index contributed by atoms with van der Waals surface area (Å²) in [6, 6.07) is 0. The van der Waals surface area contributed by atoms with Crippen LogP contribution in [0.25, 0.3) is 0 Å². The van der Waals surface area contributed by atoms with Crippen LogP contribution < -0.4 is 0 Å². The molecule has 0 aliphatic heterocycles. The molecule has 0 spiro atoms. The van der Waals surface area contributed by atoms with Crippen molar-refractivity contribution in [2.75, 3.05) is 6.61 Å². The Bertz CT molecular complexity index is 333. The molecule has 2 rings (SSSR count). The summed E-state index contributed by atoms with van der Waals surface area (Å²) in [5.74, 6) is 5.04. The largest absolute Gasteiger partial charge is 0.396 e. The van der Waals surface area contributed by atoms with Crippen LogP contribution in [0.15, 0.2) is 11.6 Å². The molecule has 1 nitrogen and oxygen atoms in total. The van der Waals surface area contributed by atoms with Crippen LogP contribution in [-0.4, -0.2) is 11.7 Å². The Labute approximate surface area is 119 Å². The molecule has 2 fully saturated rings. The van der Waals surface area contributed by atoms with Crippen LogP contribution in [0.3, 0.4) is 0 Å². The first kappa shape index (κ1) is 15.1. The minimum Gasteiger partial charge on any atom is -0.396 e. The van der Waals surface area contributed by atoms with Crippen molar-refractivity contribution in [2.45, 2.75) is 53.9 Å². The maximum Gasteiger partial charge on any atom is 0.0467 e. The summed E-state index contributed by atoms with van der Waals surface area (Å²) in [5, 5.41) is 10.0. The number of hydrogen-bond donors (Lipinski definition) is 1. The molecular weight excluding hydrogens is 232 g/mol. The quantitative estimate of drug-likeness (QED) is 0.727. The molecule has 19 heavy (non-hydrogen) atoms. The molecule has 1 heteroatoms. The minimum atomic E-state index is 0.373. The lowest BCUT2D eigenvalue weighted by atomic mass is 9.52. The van der Waals surface area contributed by atoms with Crippen molar-refractivity contribution in [3.05, 3.63) is 11.6 Å². The summed E-state index contributed by atoms with van der Waals surface area (Å²) < 4.78 is 0. The van der Waals surface area contributed by atoms with Gasteiger partial charge in [-0.25, -0.2) is 0 Å². The van der Waals surface area contributed by atoms with Crippen molar-refractivity contribution in [2.24, 2.45) is 41.4 Å². The Kier molecular flexibility index (Phi) is 4.76. The standard InChI is InChI=1S/C18H32O/c1-6-11(2)17-14(5)9-15-12(3)7-8-13(4)18(15)16(17)10-19/h6,12-19H,7-10H2,1-5H3/b11-6-/t12-,13-,14-,15-,16+,17+,18+/m0/s1. The number of hydrogen-bond acceptors (Lipinski definition) is 1. The number of aliphatic hydroxyl groups excluding tert-OH is 1. The number of aliphatic hydroxyl groups is 1. The van der Waals surface area contributed by atoms with E-state index >= 15 is 0 Å². The average Bonchev–Trinajstić information content (AvgIpc) is 2.40. The first-order chi connectivity index (χ1) is 9.01. The van der Waals surface area contributed by atoms with Gasteiger partial charge in [0.15, 0.2) is 0 Å². The van der Waals surface area contributed by atoms with Gasteiger partial charge in [0.1, 0.15) is 0 Å². The summed E-state index contributed by atoms with van der Waals surface area (Å²) in [5.41, 5.74) is 1.50. The summed E-state index contributed by atoms with van der Waals surface area (Å²) in [6.07, 6.45) is 6.37. The number of allylic oxidation sites excluding steroid dienone is 2. The van der Waals surface area contributed by atoms with Crippen molar-refractivity contribution in [3.63, 3.8) is 0 Å². The third-order valence-corrected chi connectivity index (χ3v) is 6.36. The van der Waals surface area contributed by atoms with Crippen LogP contribution in [0.2, 0.25) is 0 Å². The van der Waals surface area contributed by atoms with Crippen molar-refractivity contribution in [1.82, 2.24) is 0 Å². The van der Waals surface area contributed by atoms with Crippen LogP contribution in [0.1, 0.15) is 53.9 Å². The highest BCUT2D eigenvalue weighted by Gasteiger charge is 2.48. The zero-order valence-corrected chi connectivity index (χ0v) is 13.4. The molecule has 0 aromatic heterocycles.